The van der Waals surface area contributed by atoms with Crippen molar-refractivity contribution in [2.24, 2.45) is 23.7 Å². The van der Waals surface area contributed by atoms with Gasteiger partial charge in [0.15, 0.2) is 0 Å². The predicted molar refractivity (Wildman–Crippen MR) is 46.7 cm³/mol. The van der Waals surface area contributed by atoms with E-state index in [1.165, 1.54) is 32.1 Å². The van der Waals surface area contributed by atoms with Gasteiger partial charge in [-0.05, 0) is 37.0 Å². The van der Waals surface area contributed by atoms with E-state index in [0.717, 1.165) is 24.2 Å². The highest BCUT2D eigenvalue weighted by Crippen LogP contribution is 2.55. The molecular weight excluding hydrogens is 148 g/mol. The molecule has 3 saturated carbocycles. The van der Waals surface area contributed by atoms with E-state index >= 15 is 0 Å². The summed E-state index contributed by atoms with van der Waals surface area (Å²) < 4.78 is 0. The van der Waals surface area contributed by atoms with Gasteiger partial charge in [-0.15, -0.1) is 0 Å². The Morgan fingerprint density at radius 2 is 2.00 bits per heavy atom. The van der Waals surface area contributed by atoms with Gasteiger partial charge in [0.1, 0.15) is 5.78 Å². The van der Waals surface area contributed by atoms with Crippen LogP contribution in [0.15, 0.2) is 0 Å². The van der Waals surface area contributed by atoms with Crippen LogP contribution in [0, 0.1) is 23.7 Å². The molecule has 0 amide bonds. The Bertz CT molecular complexity index is 221. The smallest absolute Gasteiger partial charge is 0.136 e. The fraction of sp³-hybridized carbons (Fsp3) is 0.909. The minimum absolute atomic E-state index is 0.514. The molecule has 0 N–H and O–H groups in total. The lowest BCUT2D eigenvalue weighted by Crippen LogP contribution is -2.11. The molecular formula is C11H16O. The minimum Gasteiger partial charge on any atom is -0.299 e. The van der Waals surface area contributed by atoms with Crippen LogP contribution >= 0.6 is 0 Å². The Morgan fingerprint density at radius 1 is 1.08 bits per heavy atom. The van der Waals surface area contributed by atoms with Crippen molar-refractivity contribution in [2.75, 3.05) is 0 Å². The molecule has 0 aromatic rings. The van der Waals surface area contributed by atoms with E-state index in [1.807, 2.05) is 0 Å². The summed E-state index contributed by atoms with van der Waals surface area (Å²) in [6.45, 7) is 0. The Kier molecular flexibility index (Phi) is 1.38. The van der Waals surface area contributed by atoms with Gasteiger partial charge in [0.2, 0.25) is 0 Å². The van der Waals surface area contributed by atoms with Gasteiger partial charge in [-0.25, -0.2) is 0 Å². The molecule has 0 spiro atoms. The van der Waals surface area contributed by atoms with Crippen LogP contribution in [0.25, 0.3) is 0 Å². The molecule has 0 aromatic carbocycles. The number of rotatable bonds is 0. The zero-order chi connectivity index (χ0) is 8.13. The predicted octanol–water partition coefficient (Wildman–Crippen LogP) is 2.40. The van der Waals surface area contributed by atoms with Crippen molar-refractivity contribution >= 4 is 5.78 Å². The maximum absolute atomic E-state index is 11.5. The van der Waals surface area contributed by atoms with E-state index in [-0.39, 0.29) is 0 Å². The third-order valence-electron chi connectivity index (χ3n) is 4.48. The summed E-state index contributed by atoms with van der Waals surface area (Å²) in [5.74, 6) is 3.84. The van der Waals surface area contributed by atoms with Crippen molar-refractivity contribution < 1.29 is 4.79 Å². The molecule has 0 aliphatic heterocycles. The molecule has 1 nitrogen and oxygen atoms in total. The van der Waals surface area contributed by atoms with Gasteiger partial charge in [-0.3, -0.25) is 4.79 Å². The molecule has 0 unspecified atom stereocenters. The minimum atomic E-state index is 0.514. The number of hydrogen-bond acceptors (Lipinski definition) is 1. The molecule has 3 fully saturated rings. The summed E-state index contributed by atoms with van der Waals surface area (Å²) in [7, 11) is 0. The van der Waals surface area contributed by atoms with Crippen molar-refractivity contribution in [3.63, 3.8) is 0 Å². The molecule has 3 aliphatic carbocycles. The van der Waals surface area contributed by atoms with Crippen molar-refractivity contribution in [3.05, 3.63) is 0 Å². The van der Waals surface area contributed by atoms with Crippen molar-refractivity contribution in [2.45, 2.75) is 38.5 Å². The maximum Gasteiger partial charge on any atom is 0.136 e. The van der Waals surface area contributed by atoms with Gasteiger partial charge in [-0.2, -0.15) is 0 Å². The van der Waals surface area contributed by atoms with E-state index in [2.05, 4.69) is 0 Å². The largest absolute Gasteiger partial charge is 0.299 e. The van der Waals surface area contributed by atoms with Gasteiger partial charge >= 0.3 is 0 Å². The van der Waals surface area contributed by atoms with Crippen molar-refractivity contribution in [1.82, 2.24) is 0 Å². The third kappa shape index (κ3) is 0.773. The Hall–Kier alpha value is -0.330. The van der Waals surface area contributed by atoms with E-state index in [1.54, 1.807) is 0 Å². The normalized spacial score (nSPS) is 51.2. The number of fused-ring (bicyclic) bond motifs is 3. The molecule has 0 radical (unpaired) electrons. The fourth-order valence-electron chi connectivity index (χ4n) is 4.00. The van der Waals surface area contributed by atoms with Crippen LogP contribution in [-0.2, 0) is 4.79 Å². The van der Waals surface area contributed by atoms with Crippen LogP contribution in [0.1, 0.15) is 38.5 Å². The fourth-order valence-corrected chi connectivity index (χ4v) is 4.00. The molecule has 3 aliphatic rings. The molecule has 0 bridgehead atoms. The first-order chi connectivity index (χ1) is 5.86. The average Bonchev–Trinajstić information content (AvgIpc) is 2.63. The van der Waals surface area contributed by atoms with Crippen LogP contribution < -0.4 is 0 Å². The highest BCUT2D eigenvalue weighted by Gasteiger charge is 2.50. The monoisotopic (exact) mass is 164 g/mol. The SMILES string of the molecule is O=C1CC[C@H]2[C@H]3CCC[C@H]3C[C@@H]12. The van der Waals surface area contributed by atoms with Crippen molar-refractivity contribution in [1.29, 1.82) is 0 Å². The molecule has 1 heteroatoms. The Balaban J connectivity index is 1.87. The third-order valence-corrected chi connectivity index (χ3v) is 4.48. The number of Topliss-reactive ketones (excluding diaryl/α,β-unsaturated/α-hetero) is 1. The first-order valence-electron chi connectivity index (χ1n) is 5.39. The highest BCUT2D eigenvalue weighted by molar-refractivity contribution is 5.83. The summed E-state index contributed by atoms with van der Waals surface area (Å²) in [6, 6.07) is 0. The Labute approximate surface area is 73.5 Å². The topological polar surface area (TPSA) is 17.1 Å². The number of carbonyl (C=O) groups is 1. The van der Waals surface area contributed by atoms with E-state index in [4.69, 9.17) is 0 Å². The van der Waals surface area contributed by atoms with Crippen LogP contribution in [0.3, 0.4) is 0 Å². The maximum atomic E-state index is 11.5. The first kappa shape index (κ1) is 7.11. The molecule has 0 saturated heterocycles. The van der Waals surface area contributed by atoms with Gasteiger partial charge in [0.05, 0.1) is 0 Å². The summed E-state index contributed by atoms with van der Waals surface area (Å²) in [6.07, 6.45) is 7.67. The molecule has 0 aromatic heterocycles. The molecule has 3 rings (SSSR count). The molecule has 0 heterocycles. The van der Waals surface area contributed by atoms with Crippen LogP contribution in [0.5, 0.6) is 0 Å². The van der Waals surface area contributed by atoms with E-state index in [9.17, 15) is 4.79 Å². The second-order valence-electron chi connectivity index (χ2n) is 4.87. The van der Waals surface area contributed by atoms with Gasteiger partial charge in [0.25, 0.3) is 0 Å². The zero-order valence-electron chi connectivity index (χ0n) is 7.46. The lowest BCUT2D eigenvalue weighted by molar-refractivity contribution is -0.121. The van der Waals surface area contributed by atoms with Crippen LogP contribution in [0.2, 0.25) is 0 Å². The second kappa shape index (κ2) is 2.34. The summed E-state index contributed by atoms with van der Waals surface area (Å²) in [4.78, 5) is 11.5. The van der Waals surface area contributed by atoms with Gasteiger partial charge in [-0.1, -0.05) is 12.8 Å². The molecule has 12 heavy (non-hydrogen) atoms. The highest BCUT2D eigenvalue weighted by atomic mass is 16.1. The molecule has 4 atom stereocenters. The standard InChI is InChI=1S/C11H16O/c12-11-5-4-9-8-3-1-2-7(8)6-10(9)11/h7-10H,1-6H2/t7-,8-,9-,10+/m0/s1. The average molecular weight is 164 g/mol. The van der Waals surface area contributed by atoms with Crippen LogP contribution in [0.4, 0.5) is 0 Å². The summed E-state index contributed by atoms with van der Waals surface area (Å²) in [5, 5.41) is 0. The zero-order valence-corrected chi connectivity index (χ0v) is 7.46. The lowest BCUT2D eigenvalue weighted by atomic mass is 9.90. The summed E-state index contributed by atoms with van der Waals surface area (Å²) in [5.41, 5.74) is 0. The van der Waals surface area contributed by atoms with Crippen LogP contribution in [-0.4, -0.2) is 5.78 Å². The number of carbonyl (C=O) groups excluding carboxylic acids is 1. The lowest BCUT2D eigenvalue weighted by Gasteiger charge is -2.15. The Morgan fingerprint density at radius 3 is 2.92 bits per heavy atom. The number of ketones is 1. The summed E-state index contributed by atoms with van der Waals surface area (Å²) >= 11 is 0. The second-order valence-corrected chi connectivity index (χ2v) is 4.87. The number of hydrogen-bond donors (Lipinski definition) is 0. The molecule has 66 valence electrons. The van der Waals surface area contributed by atoms with E-state index in [0.29, 0.717) is 11.7 Å². The quantitative estimate of drug-likeness (QED) is 0.537. The van der Waals surface area contributed by atoms with Gasteiger partial charge < -0.3 is 0 Å². The van der Waals surface area contributed by atoms with Crippen molar-refractivity contribution in [3.8, 4) is 0 Å². The van der Waals surface area contributed by atoms with Gasteiger partial charge in [0, 0.05) is 12.3 Å². The first-order valence-corrected chi connectivity index (χ1v) is 5.39. The van der Waals surface area contributed by atoms with E-state index < -0.39 is 0 Å².